The summed E-state index contributed by atoms with van der Waals surface area (Å²) in [7, 11) is 1.91. The predicted octanol–water partition coefficient (Wildman–Crippen LogP) is 3.37. The summed E-state index contributed by atoms with van der Waals surface area (Å²) in [5.41, 5.74) is 4.22. The number of halogens is 1. The summed E-state index contributed by atoms with van der Waals surface area (Å²) in [6.07, 6.45) is 3.76. The molecular formula is C15H14ClN3. The van der Waals surface area contributed by atoms with Crippen LogP contribution in [0, 0.1) is 0 Å². The maximum Gasteiger partial charge on any atom is 0.137 e. The summed E-state index contributed by atoms with van der Waals surface area (Å²) in [5.74, 6) is 0. The Balaban J connectivity index is 2.11. The molecule has 0 spiro atoms. The van der Waals surface area contributed by atoms with Gasteiger partial charge in [0.05, 0.1) is 5.69 Å². The first-order valence-corrected chi connectivity index (χ1v) is 6.53. The second kappa shape index (κ2) is 5.03. The highest BCUT2D eigenvalue weighted by Crippen LogP contribution is 2.26. The SMILES string of the molecule is CNCc1ccc(-c2cccc3nccn23)cc1Cl. The van der Waals surface area contributed by atoms with E-state index in [1.54, 1.807) is 6.20 Å². The van der Waals surface area contributed by atoms with Gasteiger partial charge in [-0.25, -0.2) is 4.98 Å². The van der Waals surface area contributed by atoms with Gasteiger partial charge in [0.2, 0.25) is 0 Å². The van der Waals surface area contributed by atoms with Crippen molar-refractivity contribution in [1.82, 2.24) is 14.7 Å². The van der Waals surface area contributed by atoms with Gasteiger partial charge >= 0.3 is 0 Å². The van der Waals surface area contributed by atoms with Crippen LogP contribution >= 0.6 is 11.6 Å². The first-order valence-electron chi connectivity index (χ1n) is 6.15. The van der Waals surface area contributed by atoms with Crippen LogP contribution in [0.15, 0.2) is 48.8 Å². The van der Waals surface area contributed by atoms with Gasteiger partial charge in [0.1, 0.15) is 5.65 Å². The molecule has 0 saturated carbocycles. The van der Waals surface area contributed by atoms with Gasteiger partial charge in [-0.1, -0.05) is 29.8 Å². The minimum atomic E-state index is 0.772. The van der Waals surface area contributed by atoms with E-state index in [0.717, 1.165) is 34.0 Å². The molecule has 2 heterocycles. The van der Waals surface area contributed by atoms with E-state index in [4.69, 9.17) is 11.6 Å². The number of hydrogen-bond acceptors (Lipinski definition) is 2. The van der Waals surface area contributed by atoms with Gasteiger partial charge in [-0.05, 0) is 30.8 Å². The van der Waals surface area contributed by atoms with Crippen LogP contribution in [-0.4, -0.2) is 16.4 Å². The van der Waals surface area contributed by atoms with Crippen molar-refractivity contribution >= 4 is 17.2 Å². The molecule has 1 N–H and O–H groups in total. The molecule has 1 aromatic carbocycles. The number of benzene rings is 1. The number of pyridine rings is 1. The molecule has 96 valence electrons. The van der Waals surface area contributed by atoms with Gasteiger partial charge in [0.15, 0.2) is 0 Å². The fourth-order valence-electron chi connectivity index (χ4n) is 2.22. The quantitative estimate of drug-likeness (QED) is 0.791. The highest BCUT2D eigenvalue weighted by Gasteiger charge is 2.06. The van der Waals surface area contributed by atoms with Crippen LogP contribution in [0.2, 0.25) is 5.02 Å². The molecule has 4 heteroatoms. The van der Waals surface area contributed by atoms with Crippen LogP contribution in [0.1, 0.15) is 5.56 Å². The lowest BCUT2D eigenvalue weighted by molar-refractivity contribution is 0.818. The van der Waals surface area contributed by atoms with Crippen LogP contribution in [0.5, 0.6) is 0 Å². The molecule has 0 bridgehead atoms. The second-order valence-corrected chi connectivity index (χ2v) is 4.81. The summed E-state index contributed by atoms with van der Waals surface area (Å²) in [6.45, 7) is 0.772. The fourth-order valence-corrected chi connectivity index (χ4v) is 2.47. The van der Waals surface area contributed by atoms with Gasteiger partial charge in [0, 0.05) is 29.5 Å². The lowest BCUT2D eigenvalue weighted by Crippen LogP contribution is -2.05. The van der Waals surface area contributed by atoms with E-state index in [0.29, 0.717) is 0 Å². The summed E-state index contributed by atoms with van der Waals surface area (Å²) in [5, 5.41) is 3.89. The normalized spacial score (nSPS) is 11.1. The van der Waals surface area contributed by atoms with Crippen molar-refractivity contribution in [2.75, 3.05) is 7.05 Å². The van der Waals surface area contributed by atoms with Crippen molar-refractivity contribution in [3.05, 3.63) is 59.4 Å². The van der Waals surface area contributed by atoms with Crippen molar-refractivity contribution in [2.45, 2.75) is 6.54 Å². The van der Waals surface area contributed by atoms with Crippen LogP contribution in [0.4, 0.5) is 0 Å². The number of hydrogen-bond donors (Lipinski definition) is 1. The number of nitrogens with one attached hydrogen (secondary N) is 1. The zero-order valence-electron chi connectivity index (χ0n) is 10.6. The van der Waals surface area contributed by atoms with Crippen LogP contribution in [-0.2, 0) is 6.54 Å². The Kier molecular flexibility index (Phi) is 3.23. The Bertz CT molecular complexity index is 718. The number of imidazole rings is 1. The zero-order valence-corrected chi connectivity index (χ0v) is 11.4. The monoisotopic (exact) mass is 271 g/mol. The van der Waals surface area contributed by atoms with Crippen LogP contribution in [0.25, 0.3) is 16.9 Å². The smallest absolute Gasteiger partial charge is 0.137 e. The molecule has 3 aromatic rings. The number of rotatable bonds is 3. The largest absolute Gasteiger partial charge is 0.316 e. The molecule has 3 rings (SSSR count). The van der Waals surface area contributed by atoms with Gasteiger partial charge in [0.25, 0.3) is 0 Å². The molecule has 0 fully saturated rings. The zero-order chi connectivity index (χ0) is 13.2. The minimum absolute atomic E-state index is 0.772. The number of aromatic nitrogens is 2. The first-order chi connectivity index (χ1) is 9.29. The van der Waals surface area contributed by atoms with Gasteiger partial charge in [-0.2, -0.15) is 0 Å². The fraction of sp³-hybridized carbons (Fsp3) is 0.133. The van der Waals surface area contributed by atoms with E-state index in [1.807, 2.05) is 31.4 Å². The van der Waals surface area contributed by atoms with Gasteiger partial charge in [-0.15, -0.1) is 0 Å². The highest BCUT2D eigenvalue weighted by molar-refractivity contribution is 6.31. The molecule has 0 saturated heterocycles. The Labute approximate surface area is 116 Å². The molecule has 2 aromatic heterocycles. The summed E-state index contributed by atoms with van der Waals surface area (Å²) in [6, 6.07) is 12.2. The van der Waals surface area contributed by atoms with Crippen molar-refractivity contribution in [2.24, 2.45) is 0 Å². The molecular weight excluding hydrogens is 258 g/mol. The maximum atomic E-state index is 6.32. The van der Waals surface area contributed by atoms with Crippen molar-refractivity contribution in [3.8, 4) is 11.3 Å². The van der Waals surface area contributed by atoms with Crippen molar-refractivity contribution < 1.29 is 0 Å². The van der Waals surface area contributed by atoms with Crippen molar-refractivity contribution in [1.29, 1.82) is 0 Å². The third-order valence-corrected chi connectivity index (χ3v) is 3.50. The van der Waals surface area contributed by atoms with E-state index >= 15 is 0 Å². The average molecular weight is 272 g/mol. The molecule has 0 amide bonds. The Morgan fingerprint density at radius 2 is 2.16 bits per heavy atom. The summed E-state index contributed by atoms with van der Waals surface area (Å²) in [4.78, 5) is 4.29. The molecule has 0 atom stereocenters. The Hall–Kier alpha value is -1.84. The second-order valence-electron chi connectivity index (χ2n) is 4.40. The molecule has 0 unspecified atom stereocenters. The molecule has 3 nitrogen and oxygen atoms in total. The lowest BCUT2D eigenvalue weighted by Gasteiger charge is -2.09. The van der Waals surface area contributed by atoms with E-state index < -0.39 is 0 Å². The van der Waals surface area contributed by atoms with Crippen LogP contribution in [0.3, 0.4) is 0 Å². The van der Waals surface area contributed by atoms with E-state index in [-0.39, 0.29) is 0 Å². The third-order valence-electron chi connectivity index (χ3n) is 3.14. The Morgan fingerprint density at radius 3 is 2.95 bits per heavy atom. The van der Waals surface area contributed by atoms with E-state index in [9.17, 15) is 0 Å². The number of nitrogens with zero attached hydrogens (tertiary/aromatic N) is 2. The topological polar surface area (TPSA) is 29.3 Å². The predicted molar refractivity (Wildman–Crippen MR) is 78.4 cm³/mol. The van der Waals surface area contributed by atoms with E-state index in [1.165, 1.54) is 0 Å². The van der Waals surface area contributed by atoms with Gasteiger partial charge < -0.3 is 5.32 Å². The summed E-state index contributed by atoms with van der Waals surface area (Å²) >= 11 is 6.32. The summed E-state index contributed by atoms with van der Waals surface area (Å²) < 4.78 is 2.06. The molecule has 0 aliphatic heterocycles. The lowest BCUT2D eigenvalue weighted by atomic mass is 10.1. The number of fused-ring (bicyclic) bond motifs is 1. The Morgan fingerprint density at radius 1 is 1.26 bits per heavy atom. The first kappa shape index (κ1) is 12.2. The molecule has 0 aliphatic carbocycles. The van der Waals surface area contributed by atoms with Crippen molar-refractivity contribution in [3.63, 3.8) is 0 Å². The van der Waals surface area contributed by atoms with E-state index in [2.05, 4.69) is 32.9 Å². The standard InChI is InChI=1S/C15H14ClN3/c1-17-10-12-6-5-11(9-13(12)16)14-3-2-4-15-18-7-8-19(14)15/h2-9,17H,10H2,1H3. The third kappa shape index (κ3) is 2.23. The minimum Gasteiger partial charge on any atom is -0.316 e. The average Bonchev–Trinajstić information content (AvgIpc) is 2.89. The van der Waals surface area contributed by atoms with Crippen LogP contribution < -0.4 is 5.32 Å². The van der Waals surface area contributed by atoms with Gasteiger partial charge in [-0.3, -0.25) is 4.40 Å². The highest BCUT2D eigenvalue weighted by atomic mass is 35.5. The molecule has 0 radical (unpaired) electrons. The molecule has 0 aliphatic rings. The molecule has 19 heavy (non-hydrogen) atoms. The maximum absolute atomic E-state index is 6.32.